The van der Waals surface area contributed by atoms with E-state index >= 15 is 0 Å². The molecule has 1 spiro atoms. The van der Waals surface area contributed by atoms with Crippen LogP contribution in [0.25, 0.3) is 0 Å². The third-order valence-corrected chi connectivity index (χ3v) is 6.28. The van der Waals surface area contributed by atoms with Crippen molar-refractivity contribution >= 4 is 6.03 Å². The van der Waals surface area contributed by atoms with Crippen LogP contribution in [0.1, 0.15) is 31.2 Å². The van der Waals surface area contributed by atoms with Crippen molar-refractivity contribution < 1.29 is 9.53 Å². The summed E-state index contributed by atoms with van der Waals surface area (Å²) < 4.78 is 5.37. The first kappa shape index (κ1) is 15.9. The van der Waals surface area contributed by atoms with Gasteiger partial charge in [-0.3, -0.25) is 4.90 Å². The van der Waals surface area contributed by atoms with Crippen molar-refractivity contribution in [1.82, 2.24) is 15.5 Å². The maximum Gasteiger partial charge on any atom is 0.315 e. The van der Waals surface area contributed by atoms with E-state index < -0.39 is 0 Å². The Morgan fingerprint density at radius 2 is 1.88 bits per heavy atom. The van der Waals surface area contributed by atoms with Crippen LogP contribution < -0.4 is 10.6 Å². The topological polar surface area (TPSA) is 53.6 Å². The number of carbonyl (C=O) groups is 1. The molecule has 130 valence electrons. The normalized spacial score (nSPS) is 33.3. The van der Waals surface area contributed by atoms with Crippen molar-refractivity contribution in [2.75, 3.05) is 33.4 Å². The van der Waals surface area contributed by atoms with E-state index in [0.29, 0.717) is 5.92 Å². The maximum absolute atomic E-state index is 11.6. The molecule has 1 aliphatic carbocycles. The number of nitrogens with one attached hydrogen (secondary N) is 2. The zero-order valence-corrected chi connectivity index (χ0v) is 14.4. The summed E-state index contributed by atoms with van der Waals surface area (Å²) in [6.45, 7) is 3.61. The van der Waals surface area contributed by atoms with Gasteiger partial charge in [0.25, 0.3) is 0 Å². The minimum atomic E-state index is -0.0458. The fraction of sp³-hybridized carbons (Fsp3) is 0.632. The van der Waals surface area contributed by atoms with E-state index in [2.05, 4.69) is 52.9 Å². The number of urea groups is 1. The maximum atomic E-state index is 11.6. The van der Waals surface area contributed by atoms with Gasteiger partial charge in [-0.1, -0.05) is 30.3 Å². The SMILES string of the molecule is CN(CC1COC1)[C@]1(c2ccccc2)CC[C@@]2(CC1)CNC(=O)N2. The average molecular weight is 329 g/mol. The molecule has 5 nitrogen and oxygen atoms in total. The van der Waals surface area contributed by atoms with Crippen LogP contribution in [-0.2, 0) is 10.3 Å². The third-order valence-electron chi connectivity index (χ3n) is 6.28. The standard InChI is InChI=1S/C19H27N3O2/c1-22(11-15-12-24-13-15)19(16-5-3-2-4-6-16)9-7-18(8-10-19)14-20-17(23)21-18/h2-6,15H,7-14H2,1H3,(H2,20,21,23)/t18-,19-. The Kier molecular flexibility index (Phi) is 4.01. The van der Waals surface area contributed by atoms with Crippen molar-refractivity contribution in [3.05, 3.63) is 35.9 Å². The second kappa shape index (κ2) is 6.05. The third kappa shape index (κ3) is 2.70. The van der Waals surface area contributed by atoms with E-state index in [1.807, 2.05) is 0 Å². The Balaban J connectivity index is 1.57. The van der Waals surface area contributed by atoms with Crippen LogP contribution in [0.4, 0.5) is 4.79 Å². The lowest BCUT2D eigenvalue weighted by atomic mass is 9.68. The molecule has 1 saturated carbocycles. The number of hydrogen-bond acceptors (Lipinski definition) is 3. The molecule has 1 aromatic carbocycles. The van der Waals surface area contributed by atoms with E-state index in [1.165, 1.54) is 5.56 Å². The minimum absolute atomic E-state index is 0.0119. The summed E-state index contributed by atoms with van der Waals surface area (Å²) in [6, 6.07) is 10.9. The number of amides is 2. The van der Waals surface area contributed by atoms with Crippen LogP contribution >= 0.6 is 0 Å². The summed E-state index contributed by atoms with van der Waals surface area (Å²) in [6.07, 6.45) is 4.18. The molecule has 0 bridgehead atoms. The molecule has 0 atom stereocenters. The van der Waals surface area contributed by atoms with Gasteiger partial charge in [0.1, 0.15) is 0 Å². The van der Waals surface area contributed by atoms with E-state index in [-0.39, 0.29) is 17.1 Å². The summed E-state index contributed by atoms with van der Waals surface area (Å²) >= 11 is 0. The second-order valence-electron chi connectivity index (χ2n) is 7.77. The van der Waals surface area contributed by atoms with Crippen molar-refractivity contribution in [3.8, 4) is 0 Å². The van der Waals surface area contributed by atoms with Crippen LogP contribution in [0.5, 0.6) is 0 Å². The quantitative estimate of drug-likeness (QED) is 0.889. The van der Waals surface area contributed by atoms with Crippen molar-refractivity contribution in [2.45, 2.75) is 36.8 Å². The largest absolute Gasteiger partial charge is 0.381 e. The van der Waals surface area contributed by atoms with Gasteiger partial charge in [0.15, 0.2) is 0 Å². The first-order valence-corrected chi connectivity index (χ1v) is 9.03. The highest BCUT2D eigenvalue weighted by atomic mass is 16.5. The highest BCUT2D eigenvalue weighted by Gasteiger charge is 2.48. The van der Waals surface area contributed by atoms with Crippen molar-refractivity contribution in [3.63, 3.8) is 0 Å². The van der Waals surface area contributed by atoms with E-state index in [4.69, 9.17) is 4.74 Å². The molecule has 2 aliphatic heterocycles. The zero-order valence-electron chi connectivity index (χ0n) is 14.4. The molecule has 24 heavy (non-hydrogen) atoms. The molecule has 2 N–H and O–H groups in total. The Bertz CT molecular complexity index is 592. The lowest BCUT2D eigenvalue weighted by molar-refractivity contribution is -0.0662. The van der Waals surface area contributed by atoms with Gasteiger partial charge in [0, 0.05) is 24.5 Å². The Labute approximate surface area is 143 Å². The molecule has 3 fully saturated rings. The fourth-order valence-electron chi connectivity index (χ4n) is 4.61. The number of nitrogens with zero attached hydrogens (tertiary/aromatic N) is 1. The summed E-state index contributed by atoms with van der Waals surface area (Å²) in [5.74, 6) is 0.652. The van der Waals surface area contributed by atoms with E-state index in [0.717, 1.165) is 52.0 Å². The molecular formula is C19H27N3O2. The minimum Gasteiger partial charge on any atom is -0.381 e. The number of ether oxygens (including phenoxy) is 1. The zero-order chi connectivity index (χ0) is 16.6. The van der Waals surface area contributed by atoms with Crippen LogP contribution in [-0.4, -0.2) is 49.8 Å². The van der Waals surface area contributed by atoms with Gasteiger partial charge in [-0.15, -0.1) is 0 Å². The Morgan fingerprint density at radius 1 is 1.17 bits per heavy atom. The molecule has 0 radical (unpaired) electrons. The van der Waals surface area contributed by atoms with Gasteiger partial charge in [-0.2, -0.15) is 0 Å². The van der Waals surface area contributed by atoms with Gasteiger partial charge >= 0.3 is 6.03 Å². The van der Waals surface area contributed by atoms with Gasteiger partial charge < -0.3 is 15.4 Å². The van der Waals surface area contributed by atoms with E-state index in [1.54, 1.807) is 0 Å². The lowest BCUT2D eigenvalue weighted by Crippen LogP contribution is -2.56. The molecular weight excluding hydrogens is 302 g/mol. The Morgan fingerprint density at radius 3 is 2.42 bits per heavy atom. The van der Waals surface area contributed by atoms with Gasteiger partial charge in [0.2, 0.25) is 0 Å². The molecule has 3 aliphatic rings. The molecule has 4 rings (SSSR count). The van der Waals surface area contributed by atoms with Crippen LogP contribution in [0.15, 0.2) is 30.3 Å². The lowest BCUT2D eigenvalue weighted by Gasteiger charge is -2.51. The van der Waals surface area contributed by atoms with Crippen molar-refractivity contribution in [2.24, 2.45) is 5.92 Å². The number of rotatable bonds is 4. The van der Waals surface area contributed by atoms with Crippen LogP contribution in [0.2, 0.25) is 0 Å². The molecule has 5 heteroatoms. The molecule has 0 aromatic heterocycles. The summed E-state index contributed by atoms with van der Waals surface area (Å²) in [5.41, 5.74) is 1.42. The summed E-state index contributed by atoms with van der Waals surface area (Å²) in [4.78, 5) is 14.2. The van der Waals surface area contributed by atoms with Gasteiger partial charge in [0.05, 0.1) is 18.8 Å². The molecule has 0 unspecified atom stereocenters. The second-order valence-corrected chi connectivity index (χ2v) is 7.77. The van der Waals surface area contributed by atoms with E-state index in [9.17, 15) is 4.79 Å². The van der Waals surface area contributed by atoms with Gasteiger partial charge in [-0.05, 0) is 38.3 Å². The van der Waals surface area contributed by atoms with Gasteiger partial charge in [-0.25, -0.2) is 4.79 Å². The smallest absolute Gasteiger partial charge is 0.315 e. The molecule has 1 aromatic rings. The predicted octanol–water partition coefficient (Wildman–Crippen LogP) is 2.09. The first-order chi connectivity index (χ1) is 11.6. The number of hydrogen-bond donors (Lipinski definition) is 2. The first-order valence-electron chi connectivity index (χ1n) is 9.03. The number of benzene rings is 1. The Hall–Kier alpha value is -1.59. The molecule has 2 amide bonds. The van der Waals surface area contributed by atoms with Crippen LogP contribution in [0, 0.1) is 5.92 Å². The molecule has 2 heterocycles. The highest BCUT2D eigenvalue weighted by Crippen LogP contribution is 2.46. The monoisotopic (exact) mass is 329 g/mol. The average Bonchev–Trinajstić information content (AvgIpc) is 2.93. The summed E-state index contributed by atoms with van der Waals surface area (Å²) in [5, 5.41) is 6.12. The summed E-state index contributed by atoms with van der Waals surface area (Å²) in [7, 11) is 2.26. The fourth-order valence-corrected chi connectivity index (χ4v) is 4.61. The molecule has 2 saturated heterocycles. The van der Waals surface area contributed by atoms with Crippen LogP contribution in [0.3, 0.4) is 0 Å². The predicted molar refractivity (Wildman–Crippen MR) is 92.8 cm³/mol. The highest BCUT2D eigenvalue weighted by molar-refractivity contribution is 5.77. The number of carbonyl (C=O) groups excluding carboxylic acids is 1. The van der Waals surface area contributed by atoms with Crippen molar-refractivity contribution in [1.29, 1.82) is 0 Å².